The molecule has 1 rings (SSSR count). The first-order valence-electron chi connectivity index (χ1n) is 7.57. The second kappa shape index (κ2) is 9.60. The van der Waals surface area contributed by atoms with E-state index < -0.39 is 0 Å². The van der Waals surface area contributed by atoms with Gasteiger partial charge in [-0.2, -0.15) is 0 Å². The van der Waals surface area contributed by atoms with Crippen molar-refractivity contribution in [2.75, 3.05) is 0 Å². The molecule has 0 aliphatic rings. The number of rotatable bonds is 10. The molecule has 0 aromatic heterocycles. The van der Waals surface area contributed by atoms with E-state index in [9.17, 15) is 9.90 Å². The van der Waals surface area contributed by atoms with Gasteiger partial charge in [-0.3, -0.25) is 4.79 Å². The molecule has 0 spiro atoms. The minimum absolute atomic E-state index is 0.0593. The zero-order valence-corrected chi connectivity index (χ0v) is 12.0. The van der Waals surface area contributed by atoms with Crippen LogP contribution in [0, 0.1) is 0 Å². The Balaban J connectivity index is 2.10. The first-order valence-corrected chi connectivity index (χ1v) is 7.57. The Bertz CT molecular complexity index is 371. The highest BCUT2D eigenvalue weighted by molar-refractivity contribution is 5.98. The highest BCUT2D eigenvalue weighted by Crippen LogP contribution is 2.19. The van der Waals surface area contributed by atoms with Gasteiger partial charge < -0.3 is 5.11 Å². The lowest BCUT2D eigenvalue weighted by Crippen LogP contribution is -1.99. The van der Waals surface area contributed by atoms with Gasteiger partial charge in [-0.1, -0.05) is 64.0 Å². The van der Waals surface area contributed by atoms with E-state index in [2.05, 4.69) is 6.92 Å². The molecule has 1 N–H and O–H groups in total. The number of hydrogen-bond acceptors (Lipinski definition) is 2. The van der Waals surface area contributed by atoms with Crippen molar-refractivity contribution in [3.05, 3.63) is 29.8 Å². The SMILES string of the molecule is CCCCCCCCCCC(=O)c1ccccc1O. The average Bonchev–Trinajstić information content (AvgIpc) is 2.42. The molecule has 0 aliphatic heterocycles. The fourth-order valence-electron chi connectivity index (χ4n) is 2.26. The van der Waals surface area contributed by atoms with Crippen LogP contribution < -0.4 is 0 Å². The summed E-state index contributed by atoms with van der Waals surface area (Å²) < 4.78 is 0. The summed E-state index contributed by atoms with van der Waals surface area (Å²) in [7, 11) is 0. The van der Waals surface area contributed by atoms with Crippen LogP contribution >= 0.6 is 0 Å². The van der Waals surface area contributed by atoms with Crippen LogP contribution in [0.5, 0.6) is 5.75 Å². The third kappa shape index (κ3) is 6.42. The van der Waals surface area contributed by atoms with E-state index >= 15 is 0 Å². The smallest absolute Gasteiger partial charge is 0.166 e. The minimum Gasteiger partial charge on any atom is -0.507 e. The molecule has 0 bridgehead atoms. The molecule has 2 heteroatoms. The third-order valence-electron chi connectivity index (χ3n) is 3.46. The predicted octanol–water partition coefficient (Wildman–Crippen LogP) is 5.11. The summed E-state index contributed by atoms with van der Waals surface area (Å²) in [5.41, 5.74) is 0.463. The topological polar surface area (TPSA) is 37.3 Å². The van der Waals surface area contributed by atoms with Crippen LogP contribution in [0.2, 0.25) is 0 Å². The number of phenols is 1. The van der Waals surface area contributed by atoms with Gasteiger partial charge >= 0.3 is 0 Å². The Labute approximate surface area is 116 Å². The number of Topliss-reactive ketones (excluding diaryl/α,β-unsaturated/α-hetero) is 1. The predicted molar refractivity (Wildman–Crippen MR) is 79.7 cm³/mol. The van der Waals surface area contributed by atoms with Crippen LogP contribution in [0.25, 0.3) is 0 Å². The molecule has 0 radical (unpaired) electrons. The lowest BCUT2D eigenvalue weighted by molar-refractivity contribution is 0.0976. The molecule has 2 nitrogen and oxygen atoms in total. The molecule has 0 unspecified atom stereocenters. The van der Waals surface area contributed by atoms with Crippen LogP contribution in [0.15, 0.2) is 24.3 Å². The molecule has 0 atom stereocenters. The number of ketones is 1. The molecule has 1 aromatic carbocycles. The maximum atomic E-state index is 11.9. The fourth-order valence-corrected chi connectivity index (χ4v) is 2.26. The van der Waals surface area contributed by atoms with E-state index in [1.54, 1.807) is 24.3 Å². The summed E-state index contributed by atoms with van der Waals surface area (Å²) in [5, 5.41) is 9.58. The molecule has 0 saturated carbocycles. The lowest BCUT2D eigenvalue weighted by atomic mass is 10.0. The number of benzene rings is 1. The van der Waals surface area contributed by atoms with E-state index in [0.29, 0.717) is 12.0 Å². The van der Waals surface area contributed by atoms with Crippen LogP contribution in [0.1, 0.15) is 75.1 Å². The third-order valence-corrected chi connectivity index (χ3v) is 3.46. The van der Waals surface area contributed by atoms with Gasteiger partial charge in [-0.25, -0.2) is 0 Å². The molecule has 106 valence electrons. The van der Waals surface area contributed by atoms with Crippen molar-refractivity contribution in [2.24, 2.45) is 0 Å². The summed E-state index contributed by atoms with van der Waals surface area (Å²) in [5.74, 6) is 0.163. The number of hydrogen-bond donors (Lipinski definition) is 1. The standard InChI is InChI=1S/C17H26O2/c1-2-3-4-5-6-7-8-9-13-16(18)15-12-10-11-14-17(15)19/h10-12,14,19H,2-9,13H2,1H3. The van der Waals surface area contributed by atoms with E-state index in [4.69, 9.17) is 0 Å². The molecule has 0 amide bonds. The van der Waals surface area contributed by atoms with Crippen molar-refractivity contribution < 1.29 is 9.90 Å². The Morgan fingerprint density at radius 2 is 1.53 bits per heavy atom. The highest BCUT2D eigenvalue weighted by atomic mass is 16.3. The molecule has 0 aliphatic carbocycles. The fraction of sp³-hybridized carbons (Fsp3) is 0.588. The summed E-state index contributed by atoms with van der Waals surface area (Å²) in [6.45, 7) is 2.23. The number of carbonyl (C=O) groups excluding carboxylic acids is 1. The second-order valence-corrected chi connectivity index (χ2v) is 5.17. The quantitative estimate of drug-likeness (QED) is 0.470. The minimum atomic E-state index is 0.0593. The van der Waals surface area contributed by atoms with Gasteiger partial charge in [0.2, 0.25) is 0 Å². The maximum Gasteiger partial charge on any atom is 0.166 e. The Morgan fingerprint density at radius 1 is 0.947 bits per heavy atom. The van der Waals surface area contributed by atoms with Gasteiger partial charge in [0.25, 0.3) is 0 Å². The molecular weight excluding hydrogens is 236 g/mol. The van der Waals surface area contributed by atoms with Crippen molar-refractivity contribution in [1.82, 2.24) is 0 Å². The van der Waals surface area contributed by atoms with Gasteiger partial charge in [0.05, 0.1) is 5.56 Å². The molecule has 19 heavy (non-hydrogen) atoms. The summed E-state index contributed by atoms with van der Waals surface area (Å²) in [6.07, 6.45) is 10.4. The zero-order valence-electron chi connectivity index (χ0n) is 12.0. The van der Waals surface area contributed by atoms with Crippen LogP contribution in [-0.4, -0.2) is 10.9 Å². The highest BCUT2D eigenvalue weighted by Gasteiger charge is 2.09. The summed E-state index contributed by atoms with van der Waals surface area (Å²) in [6, 6.07) is 6.80. The van der Waals surface area contributed by atoms with E-state index in [-0.39, 0.29) is 11.5 Å². The van der Waals surface area contributed by atoms with Crippen molar-refractivity contribution in [3.8, 4) is 5.75 Å². The first-order chi connectivity index (χ1) is 9.25. The molecular formula is C17H26O2. The van der Waals surface area contributed by atoms with Gasteiger partial charge in [0.15, 0.2) is 5.78 Å². The van der Waals surface area contributed by atoms with Crippen molar-refractivity contribution in [2.45, 2.75) is 64.7 Å². The number of phenolic OH excluding ortho intramolecular Hbond substituents is 1. The van der Waals surface area contributed by atoms with Gasteiger partial charge in [0, 0.05) is 6.42 Å². The van der Waals surface area contributed by atoms with E-state index in [0.717, 1.165) is 12.8 Å². The van der Waals surface area contributed by atoms with Gasteiger partial charge in [-0.15, -0.1) is 0 Å². The molecule has 0 saturated heterocycles. The summed E-state index contributed by atoms with van der Waals surface area (Å²) >= 11 is 0. The number of unbranched alkanes of at least 4 members (excludes halogenated alkanes) is 7. The van der Waals surface area contributed by atoms with Gasteiger partial charge in [-0.05, 0) is 18.6 Å². The average molecular weight is 262 g/mol. The Hall–Kier alpha value is -1.31. The number of para-hydroxylation sites is 1. The van der Waals surface area contributed by atoms with Crippen molar-refractivity contribution >= 4 is 5.78 Å². The lowest BCUT2D eigenvalue weighted by Gasteiger charge is -2.04. The summed E-state index contributed by atoms with van der Waals surface area (Å²) in [4.78, 5) is 11.9. The number of carbonyl (C=O) groups is 1. The van der Waals surface area contributed by atoms with E-state index in [1.165, 1.54) is 38.5 Å². The first kappa shape index (κ1) is 15.7. The van der Waals surface area contributed by atoms with Crippen LogP contribution in [0.4, 0.5) is 0 Å². The Kier molecular flexibility index (Phi) is 7.95. The van der Waals surface area contributed by atoms with Crippen LogP contribution in [0.3, 0.4) is 0 Å². The molecule has 0 fully saturated rings. The second-order valence-electron chi connectivity index (χ2n) is 5.17. The normalized spacial score (nSPS) is 10.6. The van der Waals surface area contributed by atoms with Crippen molar-refractivity contribution in [3.63, 3.8) is 0 Å². The number of aromatic hydroxyl groups is 1. The zero-order chi connectivity index (χ0) is 13.9. The molecule has 1 aromatic rings. The monoisotopic (exact) mass is 262 g/mol. The Morgan fingerprint density at radius 3 is 2.16 bits per heavy atom. The maximum absolute atomic E-state index is 11.9. The molecule has 0 heterocycles. The van der Waals surface area contributed by atoms with Crippen LogP contribution in [-0.2, 0) is 0 Å². The van der Waals surface area contributed by atoms with Crippen molar-refractivity contribution in [1.29, 1.82) is 0 Å². The largest absolute Gasteiger partial charge is 0.507 e. The van der Waals surface area contributed by atoms with Gasteiger partial charge in [0.1, 0.15) is 5.75 Å². The van der Waals surface area contributed by atoms with E-state index in [1.807, 2.05) is 0 Å².